The number of morpholine rings is 1. The summed E-state index contributed by atoms with van der Waals surface area (Å²) in [4.78, 5) is 11.5. The first-order chi connectivity index (χ1) is 13.3. The van der Waals surface area contributed by atoms with Gasteiger partial charge in [-0.05, 0) is 29.0 Å². The lowest BCUT2D eigenvalue weighted by molar-refractivity contribution is 0.122. The minimum absolute atomic E-state index is 0.463. The van der Waals surface area contributed by atoms with E-state index >= 15 is 0 Å². The Bertz CT molecular complexity index is 876. The highest BCUT2D eigenvalue weighted by Gasteiger charge is 2.16. The van der Waals surface area contributed by atoms with Crippen molar-refractivity contribution in [1.82, 2.24) is 30.2 Å². The Morgan fingerprint density at radius 2 is 1.93 bits per heavy atom. The summed E-state index contributed by atoms with van der Waals surface area (Å²) in [5.41, 5.74) is 1.92. The number of anilines is 2. The number of nitrogens with one attached hydrogen (secondary N) is 1. The summed E-state index contributed by atoms with van der Waals surface area (Å²) in [5, 5.41) is 15.4. The Balaban J connectivity index is 1.52. The van der Waals surface area contributed by atoms with Crippen molar-refractivity contribution in [2.75, 3.05) is 36.5 Å². The molecule has 4 rings (SSSR count). The maximum atomic E-state index is 5.42. The smallest absolute Gasteiger partial charge is 0.227 e. The first-order valence-electron chi connectivity index (χ1n) is 9.10. The van der Waals surface area contributed by atoms with Gasteiger partial charge in [0.15, 0.2) is 5.82 Å². The minimum Gasteiger partial charge on any atom is -0.378 e. The molecule has 140 valence electrons. The van der Waals surface area contributed by atoms with Crippen LogP contribution in [0.25, 0.3) is 5.69 Å². The Morgan fingerprint density at radius 3 is 2.70 bits per heavy atom. The van der Waals surface area contributed by atoms with Crippen LogP contribution in [0.1, 0.15) is 18.4 Å². The highest BCUT2D eigenvalue weighted by molar-refractivity contribution is 5.44. The molecule has 0 saturated carbocycles. The Kier molecular flexibility index (Phi) is 5.20. The van der Waals surface area contributed by atoms with Gasteiger partial charge in [-0.1, -0.05) is 25.1 Å². The van der Waals surface area contributed by atoms with E-state index in [4.69, 9.17) is 4.74 Å². The summed E-state index contributed by atoms with van der Waals surface area (Å²) in [5.74, 6) is 2.22. The summed E-state index contributed by atoms with van der Waals surface area (Å²) in [7, 11) is 0. The highest BCUT2D eigenvalue weighted by Crippen LogP contribution is 2.17. The maximum Gasteiger partial charge on any atom is 0.227 e. The van der Waals surface area contributed by atoms with Crippen LogP contribution in [0.4, 0.5) is 11.8 Å². The van der Waals surface area contributed by atoms with Crippen LogP contribution in [0.2, 0.25) is 0 Å². The molecule has 1 fully saturated rings. The van der Waals surface area contributed by atoms with Crippen LogP contribution in [0, 0.1) is 0 Å². The molecular weight excluding hydrogens is 344 g/mol. The lowest BCUT2D eigenvalue weighted by Crippen LogP contribution is -2.37. The Hall–Kier alpha value is -3.07. The van der Waals surface area contributed by atoms with E-state index < -0.39 is 0 Å². The van der Waals surface area contributed by atoms with Gasteiger partial charge in [0, 0.05) is 24.8 Å². The zero-order chi connectivity index (χ0) is 18.5. The van der Waals surface area contributed by atoms with Gasteiger partial charge in [-0.25, -0.2) is 4.98 Å². The van der Waals surface area contributed by atoms with Crippen molar-refractivity contribution in [3.05, 3.63) is 47.9 Å². The number of aromatic nitrogens is 6. The van der Waals surface area contributed by atoms with Crippen LogP contribution in [-0.2, 0) is 17.7 Å². The van der Waals surface area contributed by atoms with E-state index in [-0.39, 0.29) is 0 Å². The molecule has 0 amide bonds. The largest absolute Gasteiger partial charge is 0.378 e. The van der Waals surface area contributed by atoms with Gasteiger partial charge in [0.25, 0.3) is 0 Å². The van der Waals surface area contributed by atoms with Gasteiger partial charge in [-0.3, -0.25) is 0 Å². The van der Waals surface area contributed by atoms with E-state index in [2.05, 4.69) is 42.6 Å². The van der Waals surface area contributed by atoms with Gasteiger partial charge in [0.1, 0.15) is 5.82 Å². The predicted octanol–water partition coefficient (Wildman–Crippen LogP) is 1.46. The van der Waals surface area contributed by atoms with E-state index in [1.165, 1.54) is 0 Å². The maximum absolute atomic E-state index is 5.42. The van der Waals surface area contributed by atoms with Crippen LogP contribution in [-0.4, -0.2) is 56.5 Å². The van der Waals surface area contributed by atoms with Gasteiger partial charge < -0.3 is 15.0 Å². The quantitative estimate of drug-likeness (QED) is 0.701. The van der Waals surface area contributed by atoms with Gasteiger partial charge in [0.2, 0.25) is 5.95 Å². The SMILES string of the molecule is CCc1cc(NCc2nnnn2-c2ccccc2)nc(N2CCOCC2)n1. The second-order valence-corrected chi connectivity index (χ2v) is 6.19. The summed E-state index contributed by atoms with van der Waals surface area (Å²) in [6.45, 7) is 5.57. The normalized spacial score (nSPS) is 14.3. The van der Waals surface area contributed by atoms with Crippen molar-refractivity contribution < 1.29 is 4.74 Å². The zero-order valence-electron chi connectivity index (χ0n) is 15.2. The van der Waals surface area contributed by atoms with Gasteiger partial charge >= 0.3 is 0 Å². The highest BCUT2D eigenvalue weighted by atomic mass is 16.5. The number of benzene rings is 1. The molecule has 1 saturated heterocycles. The Labute approximate surface area is 157 Å². The molecule has 0 bridgehead atoms. The number of hydrogen-bond acceptors (Lipinski definition) is 8. The molecule has 0 spiro atoms. The first-order valence-corrected chi connectivity index (χ1v) is 9.10. The molecule has 1 N–H and O–H groups in total. The second kappa shape index (κ2) is 8.09. The van der Waals surface area contributed by atoms with E-state index in [0.717, 1.165) is 42.7 Å². The predicted molar refractivity (Wildman–Crippen MR) is 101 cm³/mol. The van der Waals surface area contributed by atoms with Crippen molar-refractivity contribution in [2.24, 2.45) is 0 Å². The fraction of sp³-hybridized carbons (Fsp3) is 0.389. The molecule has 0 aliphatic carbocycles. The average Bonchev–Trinajstić information content (AvgIpc) is 3.22. The topological polar surface area (TPSA) is 93.9 Å². The van der Waals surface area contributed by atoms with Crippen molar-refractivity contribution in [3.63, 3.8) is 0 Å². The zero-order valence-corrected chi connectivity index (χ0v) is 15.2. The van der Waals surface area contributed by atoms with Crippen molar-refractivity contribution in [3.8, 4) is 5.69 Å². The number of hydrogen-bond donors (Lipinski definition) is 1. The number of ether oxygens (including phenoxy) is 1. The Morgan fingerprint density at radius 1 is 1.11 bits per heavy atom. The van der Waals surface area contributed by atoms with Crippen LogP contribution in [0.5, 0.6) is 0 Å². The molecule has 0 radical (unpaired) electrons. The molecule has 1 aliphatic rings. The molecule has 2 aromatic heterocycles. The summed E-state index contributed by atoms with van der Waals surface area (Å²) in [6, 6.07) is 11.8. The fourth-order valence-corrected chi connectivity index (χ4v) is 2.92. The molecule has 9 heteroatoms. The van der Waals surface area contributed by atoms with E-state index in [1.54, 1.807) is 4.68 Å². The van der Waals surface area contributed by atoms with Crippen molar-refractivity contribution in [2.45, 2.75) is 19.9 Å². The first kappa shape index (κ1) is 17.3. The van der Waals surface area contributed by atoms with Crippen LogP contribution < -0.4 is 10.2 Å². The third-order valence-electron chi connectivity index (χ3n) is 4.39. The van der Waals surface area contributed by atoms with Gasteiger partial charge in [-0.15, -0.1) is 5.10 Å². The molecule has 3 aromatic rings. The fourth-order valence-electron chi connectivity index (χ4n) is 2.92. The third-order valence-corrected chi connectivity index (χ3v) is 4.39. The van der Waals surface area contributed by atoms with Gasteiger partial charge in [-0.2, -0.15) is 9.67 Å². The molecule has 0 unspecified atom stereocenters. The van der Waals surface area contributed by atoms with Crippen molar-refractivity contribution >= 4 is 11.8 Å². The van der Waals surface area contributed by atoms with E-state index in [9.17, 15) is 0 Å². The van der Waals surface area contributed by atoms with Crippen LogP contribution in [0.15, 0.2) is 36.4 Å². The van der Waals surface area contributed by atoms with Crippen molar-refractivity contribution in [1.29, 1.82) is 0 Å². The molecule has 3 heterocycles. The number of rotatable bonds is 6. The lowest BCUT2D eigenvalue weighted by atomic mass is 10.3. The number of para-hydroxylation sites is 1. The number of nitrogens with zero attached hydrogens (tertiary/aromatic N) is 7. The number of tetrazole rings is 1. The van der Waals surface area contributed by atoms with E-state index in [1.807, 2.05) is 36.4 Å². The van der Waals surface area contributed by atoms with E-state index in [0.29, 0.717) is 25.6 Å². The molecule has 1 aliphatic heterocycles. The number of aryl methyl sites for hydroxylation is 1. The standard InChI is InChI=1S/C18H22N8O/c1-2-14-12-16(21-18(20-14)25-8-10-27-11-9-25)19-13-17-22-23-24-26(17)15-6-4-3-5-7-15/h3-7,12H,2,8-11,13H2,1H3,(H,19,20,21). The molecular formula is C18H22N8O. The molecule has 27 heavy (non-hydrogen) atoms. The summed E-state index contributed by atoms with van der Waals surface area (Å²) in [6.07, 6.45) is 0.844. The lowest BCUT2D eigenvalue weighted by Gasteiger charge is -2.27. The van der Waals surface area contributed by atoms with Crippen LogP contribution >= 0.6 is 0 Å². The summed E-state index contributed by atoms with van der Waals surface area (Å²) < 4.78 is 7.14. The molecule has 1 aromatic carbocycles. The van der Waals surface area contributed by atoms with Crippen LogP contribution in [0.3, 0.4) is 0 Å². The molecule has 0 atom stereocenters. The molecule has 9 nitrogen and oxygen atoms in total. The van der Waals surface area contributed by atoms with Gasteiger partial charge in [0.05, 0.1) is 25.4 Å². The second-order valence-electron chi connectivity index (χ2n) is 6.19. The third kappa shape index (κ3) is 4.03. The summed E-state index contributed by atoms with van der Waals surface area (Å²) >= 11 is 0. The minimum atomic E-state index is 0.463. The average molecular weight is 366 g/mol. The monoisotopic (exact) mass is 366 g/mol.